The predicted octanol–water partition coefficient (Wildman–Crippen LogP) is 3.31. The van der Waals surface area contributed by atoms with Crippen LogP contribution in [0.1, 0.15) is 172 Å². The molecular formula is C99H137N21O18S. The Kier molecular flexibility index (Phi) is 42.9. The molecule has 14 atom stereocenters. The van der Waals surface area contributed by atoms with Gasteiger partial charge in [0.1, 0.15) is 48.3 Å². The number of Topliss-reactive ketones (excluding diaryl/α,β-unsaturated/α-hetero) is 3. The van der Waals surface area contributed by atoms with E-state index in [1.807, 2.05) is 13.8 Å². The number of aliphatic hydroxyl groups is 1. The Labute approximate surface area is 813 Å². The maximum absolute atomic E-state index is 15.8. The minimum atomic E-state index is -1.84. The highest BCUT2D eigenvalue weighted by Crippen LogP contribution is 2.35. The molecule has 0 aliphatic carbocycles. The number of imidazole rings is 1. The molecule has 0 radical (unpaired) electrons. The summed E-state index contributed by atoms with van der Waals surface area (Å²) in [5.41, 5.74) is 21.1. The summed E-state index contributed by atoms with van der Waals surface area (Å²) in [6, 6.07) is 15.4. The zero-order chi connectivity index (χ0) is 101. The van der Waals surface area contributed by atoms with Crippen LogP contribution in [-0.4, -0.2) is 288 Å². The summed E-state index contributed by atoms with van der Waals surface area (Å²) in [6.45, 7) is 6.77. The van der Waals surface area contributed by atoms with Crippen LogP contribution >= 0.6 is 11.8 Å². The average Bonchev–Trinajstić information content (AvgIpc) is 1.66. The summed E-state index contributed by atoms with van der Waals surface area (Å²) in [5.74, 6) is -18.7. The Morgan fingerprint density at radius 1 is 0.547 bits per heavy atom. The number of primary amides is 2. The number of aliphatic hydroxyl groups excluding tert-OH is 1. The van der Waals surface area contributed by atoms with E-state index in [9.17, 15) is 33.9 Å². The summed E-state index contributed by atoms with van der Waals surface area (Å²) in [6.07, 6.45) is 4.41. The molecule has 2 saturated heterocycles. The molecule has 3 aromatic heterocycles. The second kappa shape index (κ2) is 53.9. The van der Waals surface area contributed by atoms with Crippen molar-refractivity contribution in [1.82, 2.24) is 87.0 Å². The van der Waals surface area contributed by atoms with Crippen molar-refractivity contribution in [2.45, 2.75) is 236 Å². The standard InChI is InChI=1S/C98H133N21O18S.CH4/c1-10-12-34-78-82(122)45-61(29-24-38-104-98(101)102)89(129)114-77(81(121)36-37-84(99)124)54-138-55-87(127)109-73(40-59-25-16-14-17-26-59)94(134)116(7)58(5)88(128)110-75(47-85(100)125)96(136)119-51-65(60-27-18-15-19-28-60)44-80(119)83(123)46-62(41-66-50-103-56-107-66)90(130)111-72(39-57(3)4)93(133)115(6)52-86(126)108-71(42-63-48-105-69-32-22-20-30-67(63)69)91(131)113-76(53-120)92(132)112-74(43-64-49-106-70-33-23-21-31-68(64)70)95(135)118(9)79(35-13-11-2)97(137)117(78)8;/h14-23,25-28,30-33,48-50,56-58,61-62,65,71-80,105-106,120H,10-13,24,29,34-47,51-55H2,1-9H3,(H2,99,124)(H2,100,125)(H,103,107)(H,108,126)(H,109,127)(H,110,128)(H,111,130)(H,112,132)(H,113,131)(H,114,129)(H4,101,102,104);1H4/t58-,61+,62+,65+,71-,72-,73-,74-,75-,76-,77-,78-,79-,80?;/m0./s1. The van der Waals surface area contributed by atoms with Gasteiger partial charge in [-0.1, -0.05) is 158 Å². The van der Waals surface area contributed by atoms with E-state index in [0.717, 1.165) is 21.6 Å². The number of thioether (sulfide) groups is 1. The number of guanidine groups is 1. The van der Waals surface area contributed by atoms with Gasteiger partial charge in [0.25, 0.3) is 0 Å². The Hall–Kier alpha value is -13.7. The van der Waals surface area contributed by atoms with E-state index in [1.54, 1.807) is 135 Å². The molecule has 2 fully saturated rings. The van der Waals surface area contributed by atoms with Crippen LogP contribution in [0.25, 0.3) is 21.8 Å². The number of benzene rings is 4. The van der Waals surface area contributed by atoms with Gasteiger partial charge in [-0.3, -0.25) is 86.9 Å². The number of aromatic nitrogens is 4. The lowest BCUT2D eigenvalue weighted by Gasteiger charge is -2.36. The molecule has 9 rings (SSSR count). The SMILES string of the molecule is C.CCCC[C@H]1C(=O)N(C)[C@@H](CCCC)C(=O)C[C@@H](CCCNC(=N)N)C(=O)N[C@H](C(=O)CCC(N)=O)CSCC(=O)N[C@@H](Cc2ccccc2)C(=O)N(C)[C@@H](C)C(=O)N[C@@H](CC(N)=O)C(=O)N2C[C@H](c3ccccc3)CC2C(=O)C[C@@H](Cc2cnc[nH]2)C(=O)N[C@@H](CC(C)C)C(=O)N(C)CC(=O)N[C@@H](Cc2c[nH]c3ccccc23)C(=O)N[C@@H](CO)C(=O)N[C@@H](Cc2c[nH]c3ccccc23)C(=O)N1C. The fourth-order valence-electron chi connectivity index (χ4n) is 17.5. The molecule has 14 amide bonds. The number of fused-ring (bicyclic) bond motifs is 3. The third kappa shape index (κ3) is 32.0. The number of rotatable bonds is 28. The van der Waals surface area contributed by atoms with Gasteiger partial charge in [-0.25, -0.2) is 4.98 Å². The summed E-state index contributed by atoms with van der Waals surface area (Å²) < 4.78 is 0. The van der Waals surface area contributed by atoms with Crippen molar-refractivity contribution in [3.05, 3.63) is 162 Å². The Morgan fingerprint density at radius 2 is 1.09 bits per heavy atom. The second-order valence-electron chi connectivity index (χ2n) is 36.2. The number of unbranched alkanes of at least 4 members (excludes halogenated alkanes) is 2. The van der Waals surface area contributed by atoms with Crippen LogP contribution in [0, 0.1) is 23.2 Å². The second-order valence-corrected chi connectivity index (χ2v) is 37.2. The smallest absolute Gasteiger partial charge is 0.246 e. The van der Waals surface area contributed by atoms with Crippen LogP contribution in [0.3, 0.4) is 0 Å². The van der Waals surface area contributed by atoms with Crippen molar-refractivity contribution in [2.75, 3.05) is 65.9 Å². The number of aromatic amines is 3. The number of hydrogen-bond donors (Lipinski definition) is 16. The first-order valence-corrected chi connectivity index (χ1v) is 48.1. The average molecular weight is 1940 g/mol. The summed E-state index contributed by atoms with van der Waals surface area (Å²) >= 11 is 0.858. The van der Waals surface area contributed by atoms with Crippen LogP contribution in [0.2, 0.25) is 0 Å². The number of hydrogen-bond acceptors (Lipinski definition) is 21. The van der Waals surface area contributed by atoms with Gasteiger partial charge in [-0.15, -0.1) is 11.8 Å². The molecule has 2 aliphatic heterocycles. The van der Waals surface area contributed by atoms with E-state index in [0.29, 0.717) is 75.4 Å². The molecule has 0 spiro atoms. The van der Waals surface area contributed by atoms with Crippen molar-refractivity contribution in [1.29, 1.82) is 5.41 Å². The number of likely N-dealkylation sites (N-methyl/N-ethyl adjacent to an activating group) is 4. The molecule has 0 bridgehead atoms. The number of para-hydroxylation sites is 2. The van der Waals surface area contributed by atoms with E-state index in [4.69, 9.17) is 22.6 Å². The number of nitrogens with two attached hydrogens (primary N) is 3. The predicted molar refractivity (Wildman–Crippen MR) is 525 cm³/mol. The third-order valence-electron chi connectivity index (χ3n) is 25.3. The lowest BCUT2D eigenvalue weighted by atomic mass is 9.89. The first-order valence-electron chi connectivity index (χ1n) is 46.9. The first-order chi connectivity index (χ1) is 65.9. The Bertz CT molecular complexity index is 5420. The number of nitrogens with one attached hydrogen (secondary N) is 12. The van der Waals surface area contributed by atoms with E-state index in [1.165, 1.54) is 62.3 Å². The van der Waals surface area contributed by atoms with Crippen LogP contribution in [0.15, 0.2) is 134 Å². The molecule has 5 heterocycles. The summed E-state index contributed by atoms with van der Waals surface area (Å²) in [4.78, 5) is 271. The highest BCUT2D eigenvalue weighted by molar-refractivity contribution is 8.00. The van der Waals surface area contributed by atoms with Gasteiger partial charge in [0.2, 0.25) is 82.7 Å². The first kappa shape index (κ1) is 111. The highest BCUT2D eigenvalue weighted by atomic mass is 32.2. The monoisotopic (exact) mass is 1940 g/mol. The molecular weight excluding hydrogens is 1800 g/mol. The number of carbonyl (C=O) groups is 17. The van der Waals surface area contributed by atoms with Gasteiger partial charge in [0, 0.05) is 156 Å². The molecule has 7 aromatic rings. The van der Waals surface area contributed by atoms with Crippen molar-refractivity contribution in [3.63, 3.8) is 0 Å². The van der Waals surface area contributed by atoms with Crippen LogP contribution < -0.4 is 59.7 Å². The van der Waals surface area contributed by atoms with Crippen molar-refractivity contribution < 1.29 is 86.6 Å². The molecule has 0 saturated carbocycles. The molecule has 2 aliphatic rings. The number of amides is 14. The van der Waals surface area contributed by atoms with E-state index < -0.39 is 235 Å². The molecule has 40 heteroatoms. The zero-order valence-electron chi connectivity index (χ0n) is 79.8. The van der Waals surface area contributed by atoms with Gasteiger partial charge >= 0.3 is 0 Å². The van der Waals surface area contributed by atoms with E-state index in [2.05, 4.69) is 62.5 Å². The zero-order valence-corrected chi connectivity index (χ0v) is 80.6. The van der Waals surface area contributed by atoms with Crippen molar-refractivity contribution in [3.8, 4) is 0 Å². The number of carbonyl (C=O) groups excluding carboxylic acids is 17. The van der Waals surface area contributed by atoms with Crippen molar-refractivity contribution in [2.24, 2.45) is 35.0 Å². The van der Waals surface area contributed by atoms with Gasteiger partial charge < -0.3 is 104 Å². The van der Waals surface area contributed by atoms with Gasteiger partial charge in [0.05, 0.1) is 55.7 Å². The normalized spacial score (nSPS) is 23.5. The largest absolute Gasteiger partial charge is 0.394 e. The fraction of sp³-hybridized carbons (Fsp3) is 0.505. The molecule has 4 aromatic carbocycles. The number of nitrogens with zero attached hydrogens (tertiary/aromatic N) is 6. The molecule has 1 unspecified atom stereocenters. The maximum atomic E-state index is 15.8. The fourth-order valence-corrected chi connectivity index (χ4v) is 18.4. The van der Waals surface area contributed by atoms with Gasteiger partial charge in [-0.2, -0.15) is 0 Å². The Balaban J connectivity index is 0.0000237. The van der Waals surface area contributed by atoms with Crippen LogP contribution in [-0.2, 0) is 107 Å². The van der Waals surface area contributed by atoms with Crippen LogP contribution in [0.5, 0.6) is 0 Å². The Morgan fingerprint density at radius 3 is 1.69 bits per heavy atom. The third-order valence-corrected chi connectivity index (χ3v) is 26.4. The maximum Gasteiger partial charge on any atom is 0.246 e. The molecule has 19 N–H and O–H groups in total. The summed E-state index contributed by atoms with van der Waals surface area (Å²) in [5, 5.41) is 42.2. The van der Waals surface area contributed by atoms with Gasteiger partial charge in [0.15, 0.2) is 23.3 Å². The number of ketones is 3. The molecule has 39 nitrogen and oxygen atoms in total. The minimum Gasteiger partial charge on any atom is -0.394 e. The minimum absolute atomic E-state index is 0. The van der Waals surface area contributed by atoms with Crippen molar-refractivity contribution >= 4 is 140 Å². The highest BCUT2D eigenvalue weighted by Gasteiger charge is 2.46. The number of H-pyrrole nitrogens is 3. The lowest BCUT2D eigenvalue weighted by molar-refractivity contribution is -0.149. The topological polar surface area (TPSA) is 585 Å². The van der Waals surface area contributed by atoms with Crippen LogP contribution in [0.4, 0.5) is 0 Å². The molecule has 752 valence electrons. The van der Waals surface area contributed by atoms with E-state index >= 15 is 52.7 Å². The quantitative estimate of drug-likeness (QED) is 0.0190. The lowest BCUT2D eigenvalue weighted by Crippen LogP contribution is -2.60. The van der Waals surface area contributed by atoms with Gasteiger partial charge in [-0.05, 0) is 85.8 Å². The molecule has 139 heavy (non-hydrogen) atoms. The summed E-state index contributed by atoms with van der Waals surface area (Å²) in [7, 11) is 5.37. The van der Waals surface area contributed by atoms with E-state index in [-0.39, 0.29) is 102 Å².